The summed E-state index contributed by atoms with van der Waals surface area (Å²) < 4.78 is 0. The quantitative estimate of drug-likeness (QED) is 0.812. The van der Waals surface area contributed by atoms with Crippen LogP contribution in [0.15, 0.2) is 48.5 Å². The van der Waals surface area contributed by atoms with Gasteiger partial charge in [-0.05, 0) is 68.0 Å². The molecule has 1 saturated heterocycles. The number of nitrogens with zero attached hydrogens (tertiary/aromatic N) is 2. The van der Waals surface area contributed by atoms with E-state index in [1.165, 1.54) is 11.3 Å². The van der Waals surface area contributed by atoms with Crippen LogP contribution in [0, 0.1) is 5.92 Å². The Labute approximate surface area is 162 Å². The van der Waals surface area contributed by atoms with E-state index in [1.54, 1.807) is 0 Å². The van der Waals surface area contributed by atoms with Gasteiger partial charge in [0.25, 0.3) is 5.91 Å². The lowest BCUT2D eigenvalue weighted by Crippen LogP contribution is -2.29. The first kappa shape index (κ1) is 19.4. The summed E-state index contributed by atoms with van der Waals surface area (Å²) in [6.45, 7) is 7.95. The monoisotopic (exact) mass is 366 g/mol. The Balaban J connectivity index is 1.58. The van der Waals surface area contributed by atoms with Gasteiger partial charge in [0, 0.05) is 37.4 Å². The van der Waals surface area contributed by atoms with Crippen molar-refractivity contribution >= 4 is 11.6 Å². The van der Waals surface area contributed by atoms with Crippen molar-refractivity contribution in [2.24, 2.45) is 5.92 Å². The molecule has 1 atom stereocenters. The first-order chi connectivity index (χ1) is 13.1. The number of hydrogen-bond acceptors (Lipinski definition) is 3. The fourth-order valence-electron chi connectivity index (χ4n) is 3.88. The van der Waals surface area contributed by atoms with Gasteiger partial charge in [0.15, 0.2) is 0 Å². The van der Waals surface area contributed by atoms with E-state index in [9.17, 15) is 4.79 Å². The number of carbonyl (C=O) groups excluding carboxylic acids is 1. The number of amides is 1. The molecule has 0 radical (unpaired) electrons. The minimum atomic E-state index is 0.0824. The number of carbonyl (C=O) groups is 1. The lowest BCUT2D eigenvalue weighted by Gasteiger charge is -2.22. The van der Waals surface area contributed by atoms with Crippen LogP contribution in [0.1, 0.15) is 41.8 Å². The van der Waals surface area contributed by atoms with Crippen molar-refractivity contribution in [3.05, 3.63) is 65.2 Å². The highest BCUT2D eigenvalue weighted by atomic mass is 16.3. The third-order valence-electron chi connectivity index (χ3n) is 5.55. The maximum absolute atomic E-state index is 12.8. The van der Waals surface area contributed by atoms with Crippen molar-refractivity contribution in [2.75, 3.05) is 31.1 Å². The molecule has 1 heterocycles. The molecule has 27 heavy (non-hydrogen) atoms. The molecule has 0 spiro atoms. The maximum Gasteiger partial charge on any atom is 0.253 e. The highest BCUT2D eigenvalue weighted by molar-refractivity contribution is 5.94. The van der Waals surface area contributed by atoms with E-state index < -0.39 is 0 Å². The van der Waals surface area contributed by atoms with Gasteiger partial charge in [0.2, 0.25) is 0 Å². The Kier molecular flexibility index (Phi) is 6.51. The predicted molar refractivity (Wildman–Crippen MR) is 110 cm³/mol. The van der Waals surface area contributed by atoms with Crippen molar-refractivity contribution in [1.29, 1.82) is 0 Å². The molecular weight excluding hydrogens is 336 g/mol. The van der Waals surface area contributed by atoms with E-state index in [0.717, 1.165) is 50.1 Å². The average molecular weight is 367 g/mol. The van der Waals surface area contributed by atoms with E-state index in [-0.39, 0.29) is 12.5 Å². The topological polar surface area (TPSA) is 43.8 Å². The van der Waals surface area contributed by atoms with Crippen LogP contribution >= 0.6 is 0 Å². The van der Waals surface area contributed by atoms with Crippen molar-refractivity contribution in [3.8, 4) is 0 Å². The standard InChI is InChI=1S/C23H30N2O2/c1-3-24(4-2)22-11-9-21(10-12-22)23(27)25-14-13-20(16-25)15-18-5-7-19(17-26)8-6-18/h5-12,20,26H,3-4,13-17H2,1-2H3. The lowest BCUT2D eigenvalue weighted by molar-refractivity contribution is 0.0787. The second kappa shape index (κ2) is 9.05. The van der Waals surface area contributed by atoms with Crippen molar-refractivity contribution in [3.63, 3.8) is 0 Å². The largest absolute Gasteiger partial charge is 0.392 e. The number of hydrogen-bond donors (Lipinski definition) is 1. The Bertz CT molecular complexity index is 736. The Morgan fingerprint density at radius 1 is 1.04 bits per heavy atom. The van der Waals surface area contributed by atoms with Crippen LogP contribution in [-0.2, 0) is 13.0 Å². The highest BCUT2D eigenvalue weighted by Gasteiger charge is 2.27. The van der Waals surface area contributed by atoms with Gasteiger partial charge in [-0.3, -0.25) is 4.79 Å². The molecule has 1 amide bonds. The molecule has 0 aromatic heterocycles. The number of benzene rings is 2. The summed E-state index contributed by atoms with van der Waals surface area (Å²) >= 11 is 0. The van der Waals surface area contributed by atoms with Crippen molar-refractivity contribution < 1.29 is 9.90 Å². The van der Waals surface area contributed by atoms with E-state index in [4.69, 9.17) is 5.11 Å². The van der Waals surface area contributed by atoms with Crippen molar-refractivity contribution in [2.45, 2.75) is 33.3 Å². The van der Waals surface area contributed by atoms with Crippen molar-refractivity contribution in [1.82, 2.24) is 4.90 Å². The Hall–Kier alpha value is -2.33. The minimum Gasteiger partial charge on any atom is -0.392 e. The summed E-state index contributed by atoms with van der Waals surface area (Å²) in [5.74, 6) is 0.642. The zero-order chi connectivity index (χ0) is 19.2. The number of aliphatic hydroxyl groups is 1. The van der Waals surface area contributed by atoms with Gasteiger partial charge in [-0.15, -0.1) is 0 Å². The van der Waals surface area contributed by atoms with Gasteiger partial charge < -0.3 is 14.9 Å². The Morgan fingerprint density at radius 3 is 2.26 bits per heavy atom. The summed E-state index contributed by atoms with van der Waals surface area (Å²) in [5, 5.41) is 9.15. The zero-order valence-electron chi connectivity index (χ0n) is 16.4. The molecule has 1 aliphatic rings. The number of rotatable bonds is 7. The van der Waals surface area contributed by atoms with Gasteiger partial charge in [-0.2, -0.15) is 0 Å². The summed E-state index contributed by atoms with van der Waals surface area (Å²) in [6, 6.07) is 16.1. The maximum atomic E-state index is 12.8. The molecule has 4 heteroatoms. The van der Waals surface area contributed by atoms with Gasteiger partial charge in [-0.25, -0.2) is 0 Å². The van der Waals surface area contributed by atoms with Gasteiger partial charge in [0.05, 0.1) is 6.61 Å². The third-order valence-corrected chi connectivity index (χ3v) is 5.55. The molecule has 1 aliphatic heterocycles. The molecule has 0 saturated carbocycles. The van der Waals surface area contributed by atoms with E-state index >= 15 is 0 Å². The van der Waals surface area contributed by atoms with Crippen LogP contribution in [-0.4, -0.2) is 42.1 Å². The van der Waals surface area contributed by atoms with E-state index in [2.05, 4.69) is 43.0 Å². The van der Waals surface area contributed by atoms with Crippen LogP contribution in [0.3, 0.4) is 0 Å². The molecule has 0 aliphatic carbocycles. The molecule has 1 fully saturated rings. The molecule has 0 bridgehead atoms. The molecule has 4 nitrogen and oxygen atoms in total. The third kappa shape index (κ3) is 4.69. The fourth-order valence-corrected chi connectivity index (χ4v) is 3.88. The zero-order valence-corrected chi connectivity index (χ0v) is 16.4. The smallest absolute Gasteiger partial charge is 0.253 e. The van der Waals surface area contributed by atoms with Crippen LogP contribution in [0.4, 0.5) is 5.69 Å². The molecule has 2 aromatic rings. The summed E-state index contributed by atoms with van der Waals surface area (Å²) in [7, 11) is 0. The van der Waals surface area contributed by atoms with Crippen LogP contribution in [0.5, 0.6) is 0 Å². The fraction of sp³-hybridized carbons (Fsp3) is 0.435. The van der Waals surface area contributed by atoms with Gasteiger partial charge in [0.1, 0.15) is 0 Å². The molecule has 1 N–H and O–H groups in total. The number of aliphatic hydroxyl groups excluding tert-OH is 1. The van der Waals surface area contributed by atoms with Gasteiger partial charge in [-0.1, -0.05) is 24.3 Å². The molecule has 2 aromatic carbocycles. The highest BCUT2D eigenvalue weighted by Crippen LogP contribution is 2.24. The molecular formula is C23H30N2O2. The Morgan fingerprint density at radius 2 is 1.67 bits per heavy atom. The second-order valence-electron chi connectivity index (χ2n) is 7.30. The van der Waals surface area contributed by atoms with E-state index in [0.29, 0.717) is 5.92 Å². The van der Waals surface area contributed by atoms with Crippen LogP contribution in [0.25, 0.3) is 0 Å². The number of anilines is 1. The first-order valence-electron chi connectivity index (χ1n) is 9.97. The summed E-state index contributed by atoms with van der Waals surface area (Å²) in [5.41, 5.74) is 4.16. The molecule has 1 unspecified atom stereocenters. The molecule has 3 rings (SSSR count). The SMILES string of the molecule is CCN(CC)c1ccc(C(=O)N2CCC(Cc3ccc(CO)cc3)C2)cc1. The average Bonchev–Trinajstić information content (AvgIpc) is 3.18. The minimum absolute atomic E-state index is 0.0824. The molecule has 144 valence electrons. The van der Waals surface area contributed by atoms with E-state index in [1.807, 2.05) is 29.2 Å². The van der Waals surface area contributed by atoms with Crippen LogP contribution in [0.2, 0.25) is 0 Å². The normalized spacial score (nSPS) is 16.6. The van der Waals surface area contributed by atoms with Gasteiger partial charge >= 0.3 is 0 Å². The summed E-state index contributed by atoms with van der Waals surface area (Å²) in [4.78, 5) is 17.1. The second-order valence-corrected chi connectivity index (χ2v) is 7.30. The predicted octanol–water partition coefficient (Wildman–Crippen LogP) is 3.73. The first-order valence-corrected chi connectivity index (χ1v) is 9.97. The number of likely N-dealkylation sites (tertiary alicyclic amines) is 1. The lowest BCUT2D eigenvalue weighted by atomic mass is 9.98. The van der Waals surface area contributed by atoms with Crippen LogP contribution < -0.4 is 4.90 Å². The summed E-state index contributed by atoms with van der Waals surface area (Å²) in [6.07, 6.45) is 2.03.